The number of aromatic nitrogens is 3. The Morgan fingerprint density at radius 1 is 0.350 bits per heavy atom. The van der Waals surface area contributed by atoms with E-state index in [0.29, 0.717) is 0 Å². The zero-order chi connectivity index (χ0) is 39.1. The Kier molecular flexibility index (Phi) is 6.31. The number of nitrogens with zero attached hydrogens (tertiary/aromatic N) is 3. The van der Waals surface area contributed by atoms with Crippen LogP contribution in [0.5, 0.6) is 17.2 Å². The summed E-state index contributed by atoms with van der Waals surface area (Å²) < 4.78 is 21.3. The lowest BCUT2D eigenvalue weighted by Crippen LogP contribution is -2.53. The highest BCUT2D eigenvalue weighted by Crippen LogP contribution is 2.44. The van der Waals surface area contributed by atoms with E-state index >= 15 is 0 Å². The van der Waals surface area contributed by atoms with Gasteiger partial charge in [0, 0.05) is 60.6 Å². The maximum absolute atomic E-state index is 7.06. The van der Waals surface area contributed by atoms with Crippen LogP contribution in [-0.2, 0) is 0 Å². The summed E-state index contributed by atoms with van der Waals surface area (Å²) in [4.78, 5) is 0. The standard InChI is InChI=1S/C54H32BN3O2/c1-7-21-44-35(14-1)36-15-2-8-22-45(36)56(44)33-28-29-51-43(31-33)55-53-42(40-19-6-12-27-50(40)60-55)30-34(32-52(53)59-51)57-46-23-9-5-18-39(46)41-20-13-26-49(54(41)57)58-47-24-10-3-16-37(47)38-17-4-11-25-48(38)58/h1-32H. The van der Waals surface area contributed by atoms with Crippen molar-refractivity contribution in [1.82, 2.24) is 13.7 Å². The van der Waals surface area contributed by atoms with Crippen LogP contribution in [0, 0.1) is 0 Å². The lowest BCUT2D eigenvalue weighted by Gasteiger charge is -2.33. The van der Waals surface area contributed by atoms with Crippen LogP contribution in [0.25, 0.3) is 93.6 Å². The molecule has 9 aromatic carbocycles. The molecule has 0 radical (unpaired) electrons. The van der Waals surface area contributed by atoms with Gasteiger partial charge in [-0.2, -0.15) is 0 Å². The summed E-state index contributed by atoms with van der Waals surface area (Å²) >= 11 is 0. The van der Waals surface area contributed by atoms with Crippen molar-refractivity contribution in [3.63, 3.8) is 0 Å². The molecule has 278 valence electrons. The van der Waals surface area contributed by atoms with Gasteiger partial charge in [0.1, 0.15) is 17.2 Å². The van der Waals surface area contributed by atoms with Crippen molar-refractivity contribution in [2.45, 2.75) is 0 Å². The molecule has 3 aromatic heterocycles. The topological polar surface area (TPSA) is 33.2 Å². The van der Waals surface area contributed by atoms with Crippen LogP contribution in [0.2, 0.25) is 0 Å². The van der Waals surface area contributed by atoms with Crippen LogP contribution in [0.3, 0.4) is 0 Å². The molecule has 2 aliphatic rings. The average Bonchev–Trinajstić information content (AvgIpc) is 3.95. The summed E-state index contributed by atoms with van der Waals surface area (Å²) in [7, 11) is 0. The van der Waals surface area contributed by atoms with E-state index in [1.165, 1.54) is 54.4 Å². The average molecular weight is 766 g/mol. The minimum atomic E-state index is -0.359. The third-order valence-corrected chi connectivity index (χ3v) is 12.9. The van der Waals surface area contributed by atoms with Crippen molar-refractivity contribution in [3.8, 4) is 45.4 Å². The molecule has 12 aromatic rings. The summed E-state index contributed by atoms with van der Waals surface area (Å²) in [6, 6.07) is 69.8. The van der Waals surface area contributed by atoms with E-state index in [0.717, 1.165) is 67.4 Å². The smallest absolute Gasteiger partial charge is 0.434 e. The van der Waals surface area contributed by atoms with Gasteiger partial charge in [0.15, 0.2) is 0 Å². The van der Waals surface area contributed by atoms with Crippen LogP contribution in [-0.4, -0.2) is 20.6 Å². The van der Waals surface area contributed by atoms with E-state index in [1.807, 2.05) is 0 Å². The summed E-state index contributed by atoms with van der Waals surface area (Å²) in [5.74, 6) is 2.47. The van der Waals surface area contributed by atoms with E-state index in [9.17, 15) is 0 Å². The van der Waals surface area contributed by atoms with Gasteiger partial charge in [0.05, 0.1) is 44.5 Å². The molecule has 60 heavy (non-hydrogen) atoms. The Morgan fingerprint density at radius 2 is 0.883 bits per heavy atom. The fraction of sp³-hybridized carbons (Fsp3) is 0. The highest BCUT2D eigenvalue weighted by atomic mass is 16.5. The molecule has 0 amide bonds. The first-order chi connectivity index (χ1) is 29.8. The number of benzene rings is 9. The highest BCUT2D eigenvalue weighted by Gasteiger charge is 2.41. The molecule has 5 heterocycles. The molecule has 5 nitrogen and oxygen atoms in total. The monoisotopic (exact) mass is 765 g/mol. The molecular weight excluding hydrogens is 733 g/mol. The molecule has 0 spiro atoms. The molecule has 0 aliphatic carbocycles. The van der Waals surface area contributed by atoms with Gasteiger partial charge >= 0.3 is 6.92 Å². The Bertz CT molecular complexity index is 3710. The highest BCUT2D eigenvalue weighted by molar-refractivity contribution is 6.84. The minimum absolute atomic E-state index is 0.359. The van der Waals surface area contributed by atoms with Crippen molar-refractivity contribution < 1.29 is 9.39 Å². The second-order valence-corrected chi connectivity index (χ2v) is 16.0. The summed E-state index contributed by atoms with van der Waals surface area (Å²) in [5, 5.41) is 7.34. The summed E-state index contributed by atoms with van der Waals surface area (Å²) in [5.41, 5.74) is 14.4. The molecule has 14 rings (SSSR count). The lowest BCUT2D eigenvalue weighted by molar-refractivity contribution is 0.479. The fourth-order valence-electron chi connectivity index (χ4n) is 10.4. The molecule has 0 saturated carbocycles. The first kappa shape index (κ1) is 32.1. The van der Waals surface area contributed by atoms with Crippen molar-refractivity contribution in [1.29, 1.82) is 0 Å². The van der Waals surface area contributed by atoms with Crippen LogP contribution in [0.15, 0.2) is 194 Å². The van der Waals surface area contributed by atoms with E-state index in [4.69, 9.17) is 9.39 Å². The van der Waals surface area contributed by atoms with Gasteiger partial charge in [0.2, 0.25) is 0 Å². The zero-order valence-corrected chi connectivity index (χ0v) is 32.2. The largest absolute Gasteiger partial charge is 0.551 e. The second kappa shape index (κ2) is 11.8. The van der Waals surface area contributed by atoms with Crippen molar-refractivity contribution in [2.75, 3.05) is 0 Å². The van der Waals surface area contributed by atoms with E-state index < -0.39 is 0 Å². The predicted molar refractivity (Wildman–Crippen MR) is 247 cm³/mol. The number of fused-ring (bicyclic) bond motifs is 13. The SMILES string of the molecule is c1ccc2c(c1)OB1c3cc(-n4c5ccccc5c5ccccc54)ccc3Oc3cc(-n4c5ccccc5c5cccc(-n6c7ccccc7c7ccccc76)c54)cc-2c31. The number of hydrogen-bond donors (Lipinski definition) is 0. The normalized spacial score (nSPS) is 12.9. The van der Waals surface area contributed by atoms with Crippen molar-refractivity contribution >= 4 is 83.3 Å². The molecule has 0 saturated heterocycles. The Balaban J connectivity index is 1.02. The quantitative estimate of drug-likeness (QED) is 0.168. The maximum atomic E-state index is 7.06. The van der Waals surface area contributed by atoms with Gasteiger partial charge in [-0.3, -0.25) is 0 Å². The van der Waals surface area contributed by atoms with Crippen LogP contribution in [0.4, 0.5) is 0 Å². The summed E-state index contributed by atoms with van der Waals surface area (Å²) in [6.07, 6.45) is 0. The molecule has 0 fully saturated rings. The maximum Gasteiger partial charge on any atom is 0.434 e. The molecule has 0 bridgehead atoms. The van der Waals surface area contributed by atoms with Crippen LogP contribution < -0.4 is 20.3 Å². The molecule has 0 atom stereocenters. The molecule has 0 unspecified atom stereocenters. The van der Waals surface area contributed by atoms with Gasteiger partial charge in [-0.25, -0.2) is 0 Å². The van der Waals surface area contributed by atoms with Gasteiger partial charge in [0.25, 0.3) is 0 Å². The zero-order valence-electron chi connectivity index (χ0n) is 32.2. The second-order valence-electron chi connectivity index (χ2n) is 16.0. The number of rotatable bonds is 3. The van der Waals surface area contributed by atoms with Crippen LogP contribution in [0.1, 0.15) is 0 Å². The predicted octanol–water partition coefficient (Wildman–Crippen LogP) is 12.2. The minimum Gasteiger partial charge on any atom is -0.551 e. The van der Waals surface area contributed by atoms with Crippen LogP contribution >= 0.6 is 0 Å². The third-order valence-electron chi connectivity index (χ3n) is 12.9. The van der Waals surface area contributed by atoms with E-state index in [2.05, 4.69) is 208 Å². The van der Waals surface area contributed by atoms with Gasteiger partial charge < -0.3 is 23.1 Å². The van der Waals surface area contributed by atoms with Gasteiger partial charge in [-0.1, -0.05) is 121 Å². The molecule has 0 N–H and O–H groups in total. The summed E-state index contributed by atoms with van der Waals surface area (Å²) in [6.45, 7) is -0.359. The first-order valence-corrected chi connectivity index (χ1v) is 20.5. The van der Waals surface area contributed by atoms with Crippen molar-refractivity contribution in [3.05, 3.63) is 194 Å². The lowest BCUT2D eigenvalue weighted by atomic mass is 9.50. The Labute approximate surface area is 344 Å². The van der Waals surface area contributed by atoms with Crippen molar-refractivity contribution in [2.24, 2.45) is 0 Å². The van der Waals surface area contributed by atoms with E-state index in [1.54, 1.807) is 0 Å². The first-order valence-electron chi connectivity index (χ1n) is 20.5. The van der Waals surface area contributed by atoms with E-state index in [-0.39, 0.29) is 6.92 Å². The number of para-hydroxylation sites is 7. The molecule has 6 heteroatoms. The van der Waals surface area contributed by atoms with Gasteiger partial charge in [-0.05, 0) is 72.3 Å². The molecule has 2 aliphatic heterocycles. The number of hydrogen-bond acceptors (Lipinski definition) is 2. The Morgan fingerprint density at radius 3 is 1.53 bits per heavy atom. The third kappa shape index (κ3) is 4.21. The fourth-order valence-corrected chi connectivity index (χ4v) is 10.4. The number of ether oxygens (including phenoxy) is 1. The van der Waals surface area contributed by atoms with Gasteiger partial charge in [-0.15, -0.1) is 0 Å². The molecular formula is C54H32BN3O2. The Hall–Kier alpha value is -7.96.